The zero-order chi connectivity index (χ0) is 9.54. The Morgan fingerprint density at radius 1 is 1.36 bits per heavy atom. The maximum absolute atomic E-state index is 4.32. The van der Waals surface area contributed by atoms with Gasteiger partial charge in [0.15, 0.2) is 0 Å². The Labute approximate surface area is 95.8 Å². The maximum atomic E-state index is 4.32. The van der Waals surface area contributed by atoms with Crippen LogP contribution in [0, 0.1) is 0 Å². The van der Waals surface area contributed by atoms with Gasteiger partial charge in [0, 0.05) is 28.4 Å². The fourth-order valence-electron chi connectivity index (χ4n) is 2.70. The van der Waals surface area contributed by atoms with Crippen molar-refractivity contribution < 1.29 is 0 Å². The van der Waals surface area contributed by atoms with Gasteiger partial charge in [0.05, 0.1) is 0 Å². The van der Waals surface area contributed by atoms with Gasteiger partial charge in [-0.1, -0.05) is 15.9 Å². The van der Waals surface area contributed by atoms with Gasteiger partial charge in [-0.15, -0.1) is 0 Å². The van der Waals surface area contributed by atoms with E-state index in [0.717, 1.165) is 5.13 Å². The molecule has 3 rings (SSSR count). The van der Waals surface area contributed by atoms with Crippen LogP contribution >= 0.6 is 27.5 Å². The minimum absolute atomic E-state index is 0.700. The molecule has 2 bridgehead atoms. The summed E-state index contributed by atoms with van der Waals surface area (Å²) in [6.45, 7) is 0. The van der Waals surface area contributed by atoms with Gasteiger partial charge in [-0.25, -0.2) is 4.98 Å². The van der Waals surface area contributed by atoms with Crippen LogP contribution in [0.1, 0.15) is 25.7 Å². The predicted molar refractivity (Wildman–Crippen MR) is 61.1 cm³/mol. The van der Waals surface area contributed by atoms with Crippen molar-refractivity contribution in [3.05, 3.63) is 6.33 Å². The summed E-state index contributed by atoms with van der Waals surface area (Å²) in [5.74, 6) is 0. The summed E-state index contributed by atoms with van der Waals surface area (Å²) in [7, 11) is 0. The van der Waals surface area contributed by atoms with Gasteiger partial charge in [-0.3, -0.25) is 0 Å². The molecular formula is C9H12BrN3S. The molecule has 0 N–H and O–H groups in total. The fourth-order valence-corrected chi connectivity index (χ4v) is 4.24. The molecule has 2 fully saturated rings. The molecule has 0 radical (unpaired) electrons. The van der Waals surface area contributed by atoms with Crippen LogP contribution in [0.3, 0.4) is 0 Å². The zero-order valence-corrected chi connectivity index (χ0v) is 10.2. The van der Waals surface area contributed by atoms with Crippen molar-refractivity contribution in [1.82, 2.24) is 9.36 Å². The van der Waals surface area contributed by atoms with Gasteiger partial charge in [0.25, 0.3) is 0 Å². The third-order valence-corrected chi connectivity index (χ3v) is 4.67. The summed E-state index contributed by atoms with van der Waals surface area (Å²) in [5.41, 5.74) is 0. The highest BCUT2D eigenvalue weighted by molar-refractivity contribution is 9.09. The Hall–Kier alpha value is -0.160. The lowest BCUT2D eigenvalue weighted by Crippen LogP contribution is -2.43. The van der Waals surface area contributed by atoms with Crippen LogP contribution in [0.2, 0.25) is 0 Å². The number of aromatic nitrogens is 2. The number of hydrogen-bond donors (Lipinski definition) is 0. The van der Waals surface area contributed by atoms with Gasteiger partial charge >= 0.3 is 0 Å². The molecule has 1 aromatic heterocycles. The SMILES string of the molecule is BrC1CC2CCC(C1)N2c1ncns1. The number of hydrogen-bond acceptors (Lipinski definition) is 4. The Balaban J connectivity index is 1.88. The van der Waals surface area contributed by atoms with Crippen molar-refractivity contribution in [2.45, 2.75) is 42.6 Å². The maximum Gasteiger partial charge on any atom is 0.205 e. The normalized spacial score (nSPS) is 36.4. The average molecular weight is 274 g/mol. The summed E-state index contributed by atoms with van der Waals surface area (Å²) in [5, 5.41) is 1.12. The molecule has 2 aliphatic heterocycles. The molecule has 14 heavy (non-hydrogen) atoms. The van der Waals surface area contributed by atoms with Crippen molar-refractivity contribution in [3.63, 3.8) is 0 Å². The van der Waals surface area contributed by atoms with Crippen molar-refractivity contribution in [3.8, 4) is 0 Å². The molecule has 3 nitrogen and oxygen atoms in total. The van der Waals surface area contributed by atoms with E-state index in [-0.39, 0.29) is 0 Å². The third kappa shape index (κ3) is 1.37. The number of fused-ring (bicyclic) bond motifs is 2. The minimum Gasteiger partial charge on any atom is -0.341 e. The van der Waals surface area contributed by atoms with Crippen LogP contribution in [-0.2, 0) is 0 Å². The molecule has 0 spiro atoms. The summed E-state index contributed by atoms with van der Waals surface area (Å²) >= 11 is 5.27. The average Bonchev–Trinajstić information content (AvgIpc) is 2.72. The molecule has 2 atom stereocenters. The van der Waals surface area contributed by atoms with Crippen LogP contribution in [0.4, 0.5) is 5.13 Å². The molecule has 2 saturated heterocycles. The first kappa shape index (κ1) is 9.09. The van der Waals surface area contributed by atoms with Crippen molar-refractivity contribution >= 4 is 32.6 Å². The van der Waals surface area contributed by atoms with E-state index in [9.17, 15) is 0 Å². The highest BCUT2D eigenvalue weighted by Crippen LogP contribution is 2.41. The van der Waals surface area contributed by atoms with Gasteiger partial charge in [0.1, 0.15) is 6.33 Å². The zero-order valence-electron chi connectivity index (χ0n) is 7.77. The van der Waals surface area contributed by atoms with E-state index in [2.05, 4.69) is 30.2 Å². The molecule has 0 aliphatic carbocycles. The molecular weight excluding hydrogens is 262 g/mol. The second-order valence-corrected chi connectivity index (χ2v) is 6.14. The number of nitrogens with zero attached hydrogens (tertiary/aromatic N) is 3. The van der Waals surface area contributed by atoms with Crippen molar-refractivity contribution in [1.29, 1.82) is 0 Å². The Bertz CT molecular complexity index is 302. The van der Waals surface area contributed by atoms with Crippen molar-refractivity contribution in [2.75, 3.05) is 4.90 Å². The fraction of sp³-hybridized carbons (Fsp3) is 0.778. The molecule has 3 heterocycles. The van der Waals surface area contributed by atoms with Crippen LogP contribution < -0.4 is 4.90 Å². The Morgan fingerprint density at radius 2 is 2.07 bits per heavy atom. The lowest BCUT2D eigenvalue weighted by Gasteiger charge is -2.36. The smallest absolute Gasteiger partial charge is 0.205 e. The molecule has 5 heteroatoms. The molecule has 1 aromatic rings. The minimum atomic E-state index is 0.700. The number of halogens is 1. The molecule has 0 amide bonds. The molecule has 2 aliphatic rings. The molecule has 0 aromatic carbocycles. The van der Waals surface area contributed by atoms with E-state index >= 15 is 0 Å². The van der Waals surface area contributed by atoms with Crippen LogP contribution in [0.25, 0.3) is 0 Å². The van der Waals surface area contributed by atoms with E-state index in [1.165, 1.54) is 37.2 Å². The quantitative estimate of drug-likeness (QED) is 0.736. The van der Waals surface area contributed by atoms with Gasteiger partial charge in [-0.05, 0) is 25.7 Å². The standard InChI is InChI=1S/C9H12BrN3S/c10-6-3-7-1-2-8(4-6)13(7)9-11-5-12-14-9/h5-8H,1-4H2. The Morgan fingerprint density at radius 3 is 2.64 bits per heavy atom. The topological polar surface area (TPSA) is 29.0 Å². The van der Waals surface area contributed by atoms with E-state index < -0.39 is 0 Å². The van der Waals surface area contributed by atoms with Crippen LogP contribution in [-0.4, -0.2) is 26.3 Å². The monoisotopic (exact) mass is 273 g/mol. The molecule has 2 unspecified atom stereocenters. The van der Waals surface area contributed by atoms with Gasteiger partial charge < -0.3 is 4.90 Å². The van der Waals surface area contributed by atoms with Gasteiger partial charge in [0.2, 0.25) is 5.13 Å². The largest absolute Gasteiger partial charge is 0.341 e. The second kappa shape index (κ2) is 3.45. The first-order valence-corrected chi connectivity index (χ1v) is 6.72. The van der Waals surface area contributed by atoms with Gasteiger partial charge in [-0.2, -0.15) is 4.37 Å². The summed E-state index contributed by atoms with van der Waals surface area (Å²) in [6.07, 6.45) is 6.84. The van der Waals surface area contributed by atoms with Crippen LogP contribution in [0.5, 0.6) is 0 Å². The highest BCUT2D eigenvalue weighted by Gasteiger charge is 2.41. The first-order valence-electron chi connectivity index (χ1n) is 5.03. The summed E-state index contributed by atoms with van der Waals surface area (Å²) in [6, 6.07) is 1.40. The molecule has 76 valence electrons. The summed E-state index contributed by atoms with van der Waals surface area (Å²) < 4.78 is 4.09. The number of alkyl halides is 1. The first-order chi connectivity index (χ1) is 6.84. The second-order valence-electron chi connectivity index (χ2n) is 4.08. The third-order valence-electron chi connectivity index (χ3n) is 3.25. The predicted octanol–water partition coefficient (Wildman–Crippen LogP) is 2.43. The van der Waals surface area contributed by atoms with E-state index in [1.54, 1.807) is 6.33 Å². The Kier molecular flexibility index (Phi) is 2.24. The number of piperidine rings is 1. The number of rotatable bonds is 1. The summed E-state index contributed by atoms with van der Waals surface area (Å²) in [4.78, 5) is 7.53. The van der Waals surface area contributed by atoms with E-state index in [4.69, 9.17) is 0 Å². The lowest BCUT2D eigenvalue weighted by molar-refractivity contribution is 0.482. The van der Waals surface area contributed by atoms with E-state index in [0.29, 0.717) is 16.9 Å². The van der Waals surface area contributed by atoms with Crippen LogP contribution in [0.15, 0.2) is 6.33 Å². The van der Waals surface area contributed by atoms with Crippen molar-refractivity contribution in [2.24, 2.45) is 0 Å². The number of anilines is 1. The highest BCUT2D eigenvalue weighted by atomic mass is 79.9. The molecule has 0 saturated carbocycles. The lowest BCUT2D eigenvalue weighted by atomic mass is 10.0. The van der Waals surface area contributed by atoms with E-state index in [1.807, 2.05) is 0 Å².